The summed E-state index contributed by atoms with van der Waals surface area (Å²) in [5, 5.41) is 1.63. The topological polar surface area (TPSA) is 99.1 Å². The molecule has 3 amide bonds. The number of fused-ring (bicyclic) bond motifs is 1. The maximum atomic E-state index is 13.1. The van der Waals surface area contributed by atoms with Crippen molar-refractivity contribution in [1.29, 1.82) is 0 Å². The number of methoxy groups -OCH3 is 1. The van der Waals surface area contributed by atoms with Crippen LogP contribution in [0.25, 0.3) is 11.8 Å². The lowest BCUT2D eigenvalue weighted by Gasteiger charge is -2.16. The molecule has 9 nitrogen and oxygen atoms in total. The van der Waals surface area contributed by atoms with E-state index in [-0.39, 0.29) is 23.1 Å². The number of nitrogens with zero attached hydrogens (tertiary/aromatic N) is 2. The zero-order chi connectivity index (χ0) is 28.8. The van der Waals surface area contributed by atoms with Crippen LogP contribution in [-0.2, 0) is 15.8 Å². The minimum Gasteiger partial charge on any atom is -0.495 e. The van der Waals surface area contributed by atoms with E-state index in [9.17, 15) is 27.6 Å². The maximum Gasteiger partial charge on any atom is 0.416 e. The second-order valence-corrected chi connectivity index (χ2v) is 9.92. The Balaban J connectivity index is 1.34. The van der Waals surface area contributed by atoms with Gasteiger partial charge in [-0.05, 0) is 73.6 Å². The van der Waals surface area contributed by atoms with E-state index in [0.29, 0.717) is 28.8 Å². The number of carbonyl (C=O) groups excluding carboxylic acids is 3. The lowest BCUT2D eigenvalue weighted by molar-refractivity contribution is -0.137. The first-order valence-electron chi connectivity index (χ1n) is 11.9. The number of imide groups is 1. The van der Waals surface area contributed by atoms with Crippen molar-refractivity contribution in [2.75, 3.05) is 25.8 Å². The number of benzene rings is 2. The van der Waals surface area contributed by atoms with Crippen molar-refractivity contribution in [3.05, 3.63) is 69.9 Å². The molecule has 13 heteroatoms. The van der Waals surface area contributed by atoms with Gasteiger partial charge in [0.05, 0.1) is 23.3 Å². The number of nitrogens with one attached hydrogen (secondary N) is 1. The SMILES string of the molecule is COc1ccc(C(F)(F)F)cc1NC(=O)CN1C(=O)S/C(=C\c2cc(C)n(-c3ccc4c(c3)OCO4)c2C)C1=O. The Morgan fingerprint density at radius 3 is 2.58 bits per heavy atom. The Labute approximate surface area is 230 Å². The first-order valence-corrected chi connectivity index (χ1v) is 12.7. The predicted molar refractivity (Wildman–Crippen MR) is 141 cm³/mol. The molecule has 1 fully saturated rings. The van der Waals surface area contributed by atoms with Crippen molar-refractivity contribution in [3.8, 4) is 22.9 Å². The number of rotatable bonds is 6. The molecule has 40 heavy (non-hydrogen) atoms. The first kappa shape index (κ1) is 27.2. The van der Waals surface area contributed by atoms with Crippen molar-refractivity contribution in [2.45, 2.75) is 20.0 Å². The molecule has 2 aliphatic rings. The van der Waals surface area contributed by atoms with Crippen LogP contribution in [-0.4, -0.2) is 47.0 Å². The molecule has 0 bridgehead atoms. The molecule has 0 spiro atoms. The third kappa shape index (κ3) is 5.11. The molecule has 0 unspecified atom stereocenters. The molecule has 2 aliphatic heterocycles. The summed E-state index contributed by atoms with van der Waals surface area (Å²) >= 11 is 0.674. The van der Waals surface area contributed by atoms with Crippen LogP contribution >= 0.6 is 11.8 Å². The van der Waals surface area contributed by atoms with Crippen LogP contribution in [0.1, 0.15) is 22.5 Å². The van der Waals surface area contributed by atoms with Gasteiger partial charge >= 0.3 is 6.18 Å². The van der Waals surface area contributed by atoms with Crippen molar-refractivity contribution < 1.29 is 41.8 Å². The van der Waals surface area contributed by atoms with E-state index < -0.39 is 35.3 Å². The minimum absolute atomic E-state index is 0.00629. The average molecular weight is 574 g/mol. The van der Waals surface area contributed by atoms with Gasteiger partial charge in [0.15, 0.2) is 11.5 Å². The molecular formula is C27H22F3N3O6S. The van der Waals surface area contributed by atoms with Crippen molar-refractivity contribution in [2.24, 2.45) is 0 Å². The minimum atomic E-state index is -4.64. The lowest BCUT2D eigenvalue weighted by atomic mass is 10.1. The summed E-state index contributed by atoms with van der Waals surface area (Å²) in [7, 11) is 1.24. The second-order valence-electron chi connectivity index (χ2n) is 8.93. The van der Waals surface area contributed by atoms with Gasteiger partial charge in [0.1, 0.15) is 12.3 Å². The second kappa shape index (κ2) is 10.3. The van der Waals surface area contributed by atoms with Gasteiger partial charge in [-0.3, -0.25) is 19.3 Å². The number of ether oxygens (including phenoxy) is 3. The maximum absolute atomic E-state index is 13.1. The Morgan fingerprint density at radius 1 is 1.10 bits per heavy atom. The fraction of sp³-hybridized carbons (Fsp3) is 0.222. The van der Waals surface area contributed by atoms with Crippen molar-refractivity contribution >= 4 is 40.6 Å². The van der Waals surface area contributed by atoms with E-state index in [0.717, 1.165) is 40.2 Å². The quantitative estimate of drug-likeness (QED) is 0.388. The number of amides is 3. The smallest absolute Gasteiger partial charge is 0.416 e. The predicted octanol–water partition coefficient (Wildman–Crippen LogP) is 5.53. The third-order valence-electron chi connectivity index (χ3n) is 6.35. The summed E-state index contributed by atoms with van der Waals surface area (Å²) in [6.07, 6.45) is -3.06. The molecule has 3 aromatic rings. The number of thioether (sulfide) groups is 1. The number of aromatic nitrogens is 1. The molecule has 3 heterocycles. The molecule has 1 saturated heterocycles. The van der Waals surface area contributed by atoms with Crippen LogP contribution in [0.15, 0.2) is 47.4 Å². The molecule has 2 aromatic carbocycles. The summed E-state index contributed by atoms with van der Waals surface area (Å²) in [5.41, 5.74) is 1.97. The fourth-order valence-electron chi connectivity index (χ4n) is 4.45. The van der Waals surface area contributed by atoms with E-state index in [1.54, 1.807) is 6.08 Å². The van der Waals surface area contributed by atoms with Crippen LogP contribution < -0.4 is 19.5 Å². The monoisotopic (exact) mass is 573 g/mol. The van der Waals surface area contributed by atoms with Crippen LogP contribution in [0.5, 0.6) is 17.2 Å². The highest BCUT2D eigenvalue weighted by molar-refractivity contribution is 8.18. The Morgan fingerprint density at radius 2 is 1.85 bits per heavy atom. The highest BCUT2D eigenvalue weighted by Crippen LogP contribution is 2.38. The Kier molecular flexibility index (Phi) is 7.00. The van der Waals surface area contributed by atoms with Gasteiger partial charge in [-0.15, -0.1) is 0 Å². The highest BCUT2D eigenvalue weighted by Gasteiger charge is 2.37. The molecule has 1 N–H and O–H groups in total. The number of hydrogen-bond donors (Lipinski definition) is 1. The molecule has 1 aromatic heterocycles. The van der Waals surface area contributed by atoms with Gasteiger partial charge in [-0.1, -0.05) is 0 Å². The Bertz CT molecular complexity index is 1580. The number of alkyl halides is 3. The van der Waals surface area contributed by atoms with Crippen LogP contribution in [0, 0.1) is 13.8 Å². The number of hydrogen-bond acceptors (Lipinski definition) is 7. The van der Waals surface area contributed by atoms with Gasteiger partial charge in [0.2, 0.25) is 12.7 Å². The Hall–Kier alpha value is -4.39. The van der Waals surface area contributed by atoms with E-state index in [1.807, 2.05) is 42.7 Å². The molecule has 0 saturated carbocycles. The summed E-state index contributed by atoms with van der Waals surface area (Å²) in [6.45, 7) is 3.23. The number of halogens is 3. The van der Waals surface area contributed by atoms with Gasteiger partial charge < -0.3 is 24.1 Å². The zero-order valence-corrected chi connectivity index (χ0v) is 22.2. The van der Waals surface area contributed by atoms with Crippen molar-refractivity contribution in [3.63, 3.8) is 0 Å². The standard InChI is InChI=1S/C27H22F3N3O6S/c1-14-8-16(15(2)33(14)18-5-7-21-22(11-18)39-13-38-21)9-23-25(35)32(26(36)40-23)12-24(34)31-19-10-17(27(28,29)30)4-6-20(19)37-3/h4-11H,12-13H2,1-3H3,(H,31,34)/b23-9-. The largest absolute Gasteiger partial charge is 0.495 e. The van der Waals surface area contributed by atoms with Crippen LogP contribution in [0.3, 0.4) is 0 Å². The zero-order valence-electron chi connectivity index (χ0n) is 21.4. The summed E-state index contributed by atoms with van der Waals surface area (Å²) in [4.78, 5) is 39.2. The molecule has 5 rings (SSSR count). The molecular weight excluding hydrogens is 551 g/mol. The van der Waals surface area contributed by atoms with Gasteiger partial charge in [0, 0.05) is 23.1 Å². The van der Waals surface area contributed by atoms with E-state index in [4.69, 9.17) is 14.2 Å². The van der Waals surface area contributed by atoms with E-state index in [2.05, 4.69) is 5.32 Å². The summed E-state index contributed by atoms with van der Waals surface area (Å²) in [6, 6.07) is 10.0. The summed E-state index contributed by atoms with van der Waals surface area (Å²) in [5.74, 6) is -0.284. The summed E-state index contributed by atoms with van der Waals surface area (Å²) < 4.78 is 57.2. The first-order chi connectivity index (χ1) is 19.0. The van der Waals surface area contributed by atoms with Gasteiger partial charge in [0.25, 0.3) is 11.1 Å². The van der Waals surface area contributed by atoms with E-state index >= 15 is 0 Å². The number of aryl methyl sites for hydroxylation is 1. The molecule has 0 aliphatic carbocycles. The van der Waals surface area contributed by atoms with Crippen molar-refractivity contribution in [1.82, 2.24) is 9.47 Å². The molecule has 0 atom stereocenters. The van der Waals surface area contributed by atoms with E-state index in [1.165, 1.54) is 7.11 Å². The van der Waals surface area contributed by atoms with Gasteiger partial charge in [-0.25, -0.2) is 0 Å². The molecule has 0 radical (unpaired) electrons. The van der Waals surface area contributed by atoms with Crippen LogP contribution in [0.4, 0.5) is 23.7 Å². The lowest BCUT2D eigenvalue weighted by Crippen LogP contribution is -2.36. The highest BCUT2D eigenvalue weighted by atomic mass is 32.2. The van der Waals surface area contributed by atoms with Crippen LogP contribution in [0.2, 0.25) is 0 Å². The fourth-order valence-corrected chi connectivity index (χ4v) is 5.28. The normalized spacial score (nSPS) is 15.8. The molecule has 208 valence electrons. The third-order valence-corrected chi connectivity index (χ3v) is 7.25. The number of anilines is 1. The number of carbonyl (C=O) groups is 3. The average Bonchev–Trinajstić information content (AvgIpc) is 3.55. The van der Waals surface area contributed by atoms with Gasteiger partial charge in [-0.2, -0.15) is 13.2 Å².